The molecule has 0 saturated carbocycles. The van der Waals surface area contributed by atoms with Gasteiger partial charge < -0.3 is 15.1 Å². The highest BCUT2D eigenvalue weighted by molar-refractivity contribution is 4.75. The molecule has 1 atom stereocenters. The molecule has 0 amide bonds. The van der Waals surface area contributed by atoms with Gasteiger partial charge in [-0.25, -0.2) is 0 Å². The van der Waals surface area contributed by atoms with Crippen LogP contribution in [0, 0.1) is 5.92 Å². The van der Waals surface area contributed by atoms with Gasteiger partial charge in [-0.1, -0.05) is 20.8 Å². The standard InChI is InChI=1S/C12H29N3/c1-7-13-10-12(11(2)3)15(6)9-8-14(4)5/h11-13H,7-10H2,1-6H3. The highest BCUT2D eigenvalue weighted by atomic mass is 15.2. The monoisotopic (exact) mass is 215 g/mol. The third kappa shape index (κ3) is 6.88. The van der Waals surface area contributed by atoms with Gasteiger partial charge >= 0.3 is 0 Å². The van der Waals surface area contributed by atoms with E-state index in [1.165, 1.54) is 0 Å². The highest BCUT2D eigenvalue weighted by Gasteiger charge is 2.17. The SMILES string of the molecule is CCNCC(C(C)C)N(C)CCN(C)C. The molecule has 0 saturated heterocycles. The Labute approximate surface area is 95.8 Å². The van der Waals surface area contributed by atoms with E-state index in [0.717, 1.165) is 26.2 Å². The number of likely N-dealkylation sites (N-methyl/N-ethyl adjacent to an activating group) is 3. The molecule has 0 rings (SSSR count). The molecule has 3 nitrogen and oxygen atoms in total. The van der Waals surface area contributed by atoms with Crippen molar-refractivity contribution in [3.8, 4) is 0 Å². The second-order valence-electron chi connectivity index (χ2n) is 4.90. The molecule has 0 aromatic heterocycles. The van der Waals surface area contributed by atoms with Crippen LogP contribution in [0.4, 0.5) is 0 Å². The summed E-state index contributed by atoms with van der Waals surface area (Å²) in [6.45, 7) is 11.2. The maximum Gasteiger partial charge on any atom is 0.0241 e. The quantitative estimate of drug-likeness (QED) is 0.654. The van der Waals surface area contributed by atoms with E-state index in [9.17, 15) is 0 Å². The molecule has 0 aromatic carbocycles. The first-order valence-electron chi connectivity index (χ1n) is 6.04. The maximum absolute atomic E-state index is 3.44. The predicted molar refractivity (Wildman–Crippen MR) is 68.4 cm³/mol. The average Bonchev–Trinajstić information content (AvgIpc) is 2.14. The van der Waals surface area contributed by atoms with Crippen LogP contribution in [0.25, 0.3) is 0 Å². The van der Waals surface area contributed by atoms with Gasteiger partial charge in [0, 0.05) is 25.7 Å². The van der Waals surface area contributed by atoms with Gasteiger partial charge in [0.1, 0.15) is 0 Å². The summed E-state index contributed by atoms with van der Waals surface area (Å²) in [5.74, 6) is 0.705. The van der Waals surface area contributed by atoms with Crippen molar-refractivity contribution >= 4 is 0 Å². The van der Waals surface area contributed by atoms with Crippen LogP contribution in [-0.4, -0.2) is 63.2 Å². The zero-order valence-electron chi connectivity index (χ0n) is 11.4. The van der Waals surface area contributed by atoms with Crippen LogP contribution in [-0.2, 0) is 0 Å². The summed E-state index contributed by atoms with van der Waals surface area (Å²) in [6, 6.07) is 0.643. The third-order valence-corrected chi connectivity index (χ3v) is 2.84. The fourth-order valence-electron chi connectivity index (χ4n) is 1.72. The topological polar surface area (TPSA) is 18.5 Å². The van der Waals surface area contributed by atoms with Crippen molar-refractivity contribution in [1.82, 2.24) is 15.1 Å². The fraction of sp³-hybridized carbons (Fsp3) is 1.00. The molecule has 0 bridgehead atoms. The van der Waals surface area contributed by atoms with E-state index in [-0.39, 0.29) is 0 Å². The Morgan fingerprint density at radius 3 is 2.07 bits per heavy atom. The van der Waals surface area contributed by atoms with E-state index < -0.39 is 0 Å². The lowest BCUT2D eigenvalue weighted by Crippen LogP contribution is -2.45. The Hall–Kier alpha value is -0.120. The van der Waals surface area contributed by atoms with Crippen molar-refractivity contribution in [2.75, 3.05) is 47.3 Å². The molecule has 0 aliphatic carbocycles. The van der Waals surface area contributed by atoms with E-state index in [0.29, 0.717) is 12.0 Å². The molecular formula is C12H29N3. The van der Waals surface area contributed by atoms with Crippen molar-refractivity contribution in [3.63, 3.8) is 0 Å². The molecular weight excluding hydrogens is 186 g/mol. The van der Waals surface area contributed by atoms with Crippen molar-refractivity contribution in [3.05, 3.63) is 0 Å². The number of rotatable bonds is 8. The summed E-state index contributed by atoms with van der Waals surface area (Å²) >= 11 is 0. The Morgan fingerprint density at radius 2 is 1.67 bits per heavy atom. The van der Waals surface area contributed by atoms with Gasteiger partial charge in [-0.3, -0.25) is 0 Å². The van der Waals surface area contributed by atoms with E-state index in [2.05, 4.69) is 57.0 Å². The zero-order valence-corrected chi connectivity index (χ0v) is 11.4. The van der Waals surface area contributed by atoms with Crippen molar-refractivity contribution in [2.24, 2.45) is 5.92 Å². The minimum Gasteiger partial charge on any atom is -0.315 e. The van der Waals surface area contributed by atoms with Crippen LogP contribution in [0.15, 0.2) is 0 Å². The molecule has 1 N–H and O–H groups in total. The molecule has 0 aromatic rings. The van der Waals surface area contributed by atoms with Crippen LogP contribution >= 0.6 is 0 Å². The fourth-order valence-corrected chi connectivity index (χ4v) is 1.72. The zero-order chi connectivity index (χ0) is 11.8. The highest BCUT2D eigenvalue weighted by Crippen LogP contribution is 2.07. The van der Waals surface area contributed by atoms with Crippen molar-refractivity contribution in [2.45, 2.75) is 26.8 Å². The Balaban J connectivity index is 3.98. The van der Waals surface area contributed by atoms with E-state index in [1.54, 1.807) is 0 Å². The van der Waals surface area contributed by atoms with E-state index in [4.69, 9.17) is 0 Å². The number of hydrogen-bond donors (Lipinski definition) is 1. The summed E-state index contributed by atoms with van der Waals surface area (Å²) in [6.07, 6.45) is 0. The van der Waals surface area contributed by atoms with Gasteiger partial charge in [-0.2, -0.15) is 0 Å². The van der Waals surface area contributed by atoms with E-state index in [1.807, 2.05) is 0 Å². The Bertz CT molecular complexity index is 146. The number of nitrogens with zero attached hydrogens (tertiary/aromatic N) is 2. The van der Waals surface area contributed by atoms with Crippen LogP contribution in [0.1, 0.15) is 20.8 Å². The normalized spacial score (nSPS) is 14.2. The molecule has 92 valence electrons. The summed E-state index contributed by atoms with van der Waals surface area (Å²) in [5.41, 5.74) is 0. The third-order valence-electron chi connectivity index (χ3n) is 2.84. The first kappa shape index (κ1) is 14.9. The lowest BCUT2D eigenvalue weighted by molar-refractivity contribution is 0.173. The number of nitrogens with one attached hydrogen (secondary N) is 1. The van der Waals surface area contributed by atoms with Gasteiger partial charge in [0.15, 0.2) is 0 Å². The van der Waals surface area contributed by atoms with Crippen molar-refractivity contribution < 1.29 is 0 Å². The second kappa shape index (κ2) is 8.08. The molecule has 15 heavy (non-hydrogen) atoms. The molecule has 0 aliphatic heterocycles. The molecule has 0 radical (unpaired) electrons. The molecule has 1 unspecified atom stereocenters. The Kier molecular flexibility index (Phi) is 8.02. The summed E-state index contributed by atoms with van der Waals surface area (Å²) in [4.78, 5) is 4.70. The maximum atomic E-state index is 3.44. The van der Waals surface area contributed by atoms with Gasteiger partial charge in [0.05, 0.1) is 0 Å². The van der Waals surface area contributed by atoms with Crippen LogP contribution in [0.5, 0.6) is 0 Å². The number of hydrogen-bond acceptors (Lipinski definition) is 3. The van der Waals surface area contributed by atoms with E-state index >= 15 is 0 Å². The predicted octanol–water partition coefficient (Wildman–Crippen LogP) is 1.11. The first-order valence-corrected chi connectivity index (χ1v) is 6.04. The van der Waals surface area contributed by atoms with Crippen molar-refractivity contribution in [1.29, 1.82) is 0 Å². The average molecular weight is 215 g/mol. The lowest BCUT2D eigenvalue weighted by Gasteiger charge is -2.32. The molecule has 0 aliphatic rings. The summed E-state index contributed by atoms with van der Waals surface area (Å²) in [5, 5.41) is 3.44. The van der Waals surface area contributed by atoms with Gasteiger partial charge in [-0.15, -0.1) is 0 Å². The smallest absolute Gasteiger partial charge is 0.0241 e. The summed E-state index contributed by atoms with van der Waals surface area (Å²) < 4.78 is 0. The van der Waals surface area contributed by atoms with Crippen LogP contribution in [0.2, 0.25) is 0 Å². The molecule has 0 fully saturated rings. The molecule has 0 heterocycles. The lowest BCUT2D eigenvalue weighted by atomic mass is 10.0. The Morgan fingerprint density at radius 1 is 1.07 bits per heavy atom. The first-order chi connectivity index (χ1) is 6.99. The largest absolute Gasteiger partial charge is 0.315 e. The minimum atomic E-state index is 0.643. The van der Waals surface area contributed by atoms with Crippen LogP contribution < -0.4 is 5.32 Å². The van der Waals surface area contributed by atoms with Crippen LogP contribution in [0.3, 0.4) is 0 Å². The minimum absolute atomic E-state index is 0.643. The van der Waals surface area contributed by atoms with Gasteiger partial charge in [0.2, 0.25) is 0 Å². The van der Waals surface area contributed by atoms with Gasteiger partial charge in [-0.05, 0) is 33.6 Å². The van der Waals surface area contributed by atoms with Gasteiger partial charge in [0.25, 0.3) is 0 Å². The molecule has 0 spiro atoms. The second-order valence-corrected chi connectivity index (χ2v) is 4.90. The summed E-state index contributed by atoms with van der Waals surface area (Å²) in [7, 11) is 6.48. The molecule has 3 heteroatoms.